The SMILES string of the molecule is Cc1ccnc(NC(CN)c2ccccc2)c1. The van der Waals surface area contributed by atoms with Crippen LogP contribution in [-0.4, -0.2) is 11.5 Å². The molecule has 1 heterocycles. The maximum absolute atomic E-state index is 5.80. The van der Waals surface area contributed by atoms with Crippen LogP contribution >= 0.6 is 0 Å². The summed E-state index contributed by atoms with van der Waals surface area (Å²) in [7, 11) is 0. The molecule has 0 amide bonds. The molecule has 3 N–H and O–H groups in total. The van der Waals surface area contributed by atoms with E-state index >= 15 is 0 Å². The van der Waals surface area contributed by atoms with Gasteiger partial charge in [0, 0.05) is 12.7 Å². The van der Waals surface area contributed by atoms with E-state index in [2.05, 4.69) is 22.4 Å². The minimum Gasteiger partial charge on any atom is -0.362 e. The van der Waals surface area contributed by atoms with Gasteiger partial charge < -0.3 is 11.1 Å². The summed E-state index contributed by atoms with van der Waals surface area (Å²) < 4.78 is 0. The van der Waals surface area contributed by atoms with E-state index in [1.54, 1.807) is 6.20 Å². The lowest BCUT2D eigenvalue weighted by molar-refractivity contribution is 0.784. The fraction of sp³-hybridized carbons (Fsp3) is 0.214. The van der Waals surface area contributed by atoms with Crippen molar-refractivity contribution in [2.24, 2.45) is 5.73 Å². The molecular formula is C14H17N3. The molecule has 3 heteroatoms. The van der Waals surface area contributed by atoms with Crippen molar-refractivity contribution in [1.29, 1.82) is 0 Å². The number of benzene rings is 1. The van der Waals surface area contributed by atoms with Crippen molar-refractivity contribution in [1.82, 2.24) is 4.98 Å². The Morgan fingerprint density at radius 3 is 2.65 bits per heavy atom. The predicted molar refractivity (Wildman–Crippen MR) is 70.8 cm³/mol. The van der Waals surface area contributed by atoms with E-state index in [0.29, 0.717) is 6.54 Å². The zero-order valence-corrected chi connectivity index (χ0v) is 9.93. The van der Waals surface area contributed by atoms with Gasteiger partial charge in [-0.05, 0) is 30.2 Å². The average Bonchev–Trinajstić information content (AvgIpc) is 2.37. The van der Waals surface area contributed by atoms with Crippen molar-refractivity contribution >= 4 is 5.82 Å². The highest BCUT2D eigenvalue weighted by molar-refractivity contribution is 5.40. The lowest BCUT2D eigenvalue weighted by atomic mass is 10.1. The van der Waals surface area contributed by atoms with E-state index in [4.69, 9.17) is 5.73 Å². The number of hydrogen-bond donors (Lipinski definition) is 2. The molecule has 1 unspecified atom stereocenters. The number of nitrogens with two attached hydrogens (primary N) is 1. The second-order valence-corrected chi connectivity index (χ2v) is 4.06. The number of anilines is 1. The van der Waals surface area contributed by atoms with Crippen molar-refractivity contribution in [3.8, 4) is 0 Å². The van der Waals surface area contributed by atoms with E-state index in [1.807, 2.05) is 37.3 Å². The number of aromatic nitrogens is 1. The molecule has 2 aromatic rings. The Bertz CT molecular complexity index is 468. The van der Waals surface area contributed by atoms with Gasteiger partial charge in [-0.3, -0.25) is 0 Å². The third-order valence-electron chi connectivity index (χ3n) is 2.68. The maximum atomic E-state index is 5.80. The maximum Gasteiger partial charge on any atom is 0.126 e. The quantitative estimate of drug-likeness (QED) is 0.843. The van der Waals surface area contributed by atoms with E-state index in [0.717, 1.165) is 5.82 Å². The van der Waals surface area contributed by atoms with Gasteiger partial charge in [0.25, 0.3) is 0 Å². The molecular weight excluding hydrogens is 210 g/mol. The summed E-state index contributed by atoms with van der Waals surface area (Å²) in [6, 6.07) is 14.3. The monoisotopic (exact) mass is 227 g/mol. The summed E-state index contributed by atoms with van der Waals surface area (Å²) in [6.45, 7) is 2.59. The number of nitrogens with one attached hydrogen (secondary N) is 1. The van der Waals surface area contributed by atoms with Gasteiger partial charge in [0.15, 0.2) is 0 Å². The Hall–Kier alpha value is -1.87. The number of hydrogen-bond acceptors (Lipinski definition) is 3. The molecule has 3 nitrogen and oxygen atoms in total. The fourth-order valence-corrected chi connectivity index (χ4v) is 1.76. The molecule has 0 radical (unpaired) electrons. The Labute approximate surface area is 102 Å². The molecule has 0 saturated heterocycles. The van der Waals surface area contributed by atoms with Gasteiger partial charge in [0.1, 0.15) is 5.82 Å². The first-order chi connectivity index (χ1) is 8.29. The zero-order valence-electron chi connectivity index (χ0n) is 9.93. The third kappa shape index (κ3) is 3.04. The van der Waals surface area contributed by atoms with Crippen LogP contribution in [0.4, 0.5) is 5.82 Å². The average molecular weight is 227 g/mol. The molecule has 0 aliphatic carbocycles. The van der Waals surface area contributed by atoms with Crippen molar-refractivity contribution in [2.45, 2.75) is 13.0 Å². The van der Waals surface area contributed by atoms with Crippen LogP contribution in [0.2, 0.25) is 0 Å². The Morgan fingerprint density at radius 2 is 2.00 bits per heavy atom. The molecule has 1 atom stereocenters. The van der Waals surface area contributed by atoms with Crippen LogP contribution in [0.5, 0.6) is 0 Å². The molecule has 0 aliphatic rings. The summed E-state index contributed by atoms with van der Waals surface area (Å²) in [5.41, 5.74) is 8.17. The number of rotatable bonds is 4. The lowest BCUT2D eigenvalue weighted by Gasteiger charge is -2.18. The topological polar surface area (TPSA) is 50.9 Å². The standard InChI is InChI=1S/C14H17N3/c1-11-7-8-16-14(9-11)17-13(10-15)12-5-3-2-4-6-12/h2-9,13H,10,15H2,1H3,(H,16,17). The van der Waals surface area contributed by atoms with E-state index in [9.17, 15) is 0 Å². The first-order valence-corrected chi connectivity index (χ1v) is 5.74. The Morgan fingerprint density at radius 1 is 1.24 bits per heavy atom. The Balaban J connectivity index is 2.16. The highest BCUT2D eigenvalue weighted by Gasteiger charge is 2.09. The molecule has 88 valence electrons. The smallest absolute Gasteiger partial charge is 0.126 e. The van der Waals surface area contributed by atoms with Crippen LogP contribution in [0.15, 0.2) is 48.7 Å². The predicted octanol–water partition coefficient (Wildman–Crippen LogP) is 2.50. The van der Waals surface area contributed by atoms with E-state index in [1.165, 1.54) is 11.1 Å². The summed E-state index contributed by atoms with van der Waals surface area (Å²) in [4.78, 5) is 4.29. The molecule has 0 spiro atoms. The molecule has 1 aromatic carbocycles. The van der Waals surface area contributed by atoms with Crippen molar-refractivity contribution in [3.05, 3.63) is 59.8 Å². The van der Waals surface area contributed by atoms with Crippen LogP contribution in [0.3, 0.4) is 0 Å². The molecule has 1 aromatic heterocycles. The second kappa shape index (κ2) is 5.46. The van der Waals surface area contributed by atoms with Crippen molar-refractivity contribution < 1.29 is 0 Å². The lowest BCUT2D eigenvalue weighted by Crippen LogP contribution is -2.21. The third-order valence-corrected chi connectivity index (χ3v) is 2.68. The van der Waals surface area contributed by atoms with Crippen LogP contribution in [0, 0.1) is 6.92 Å². The minimum absolute atomic E-state index is 0.102. The number of pyridine rings is 1. The van der Waals surface area contributed by atoms with Gasteiger partial charge in [-0.1, -0.05) is 30.3 Å². The second-order valence-electron chi connectivity index (χ2n) is 4.06. The summed E-state index contributed by atoms with van der Waals surface area (Å²) in [5.74, 6) is 0.865. The highest BCUT2D eigenvalue weighted by Crippen LogP contribution is 2.17. The molecule has 0 fully saturated rings. The van der Waals surface area contributed by atoms with Crippen molar-refractivity contribution in [3.63, 3.8) is 0 Å². The minimum atomic E-state index is 0.102. The summed E-state index contributed by atoms with van der Waals surface area (Å²) >= 11 is 0. The normalized spacial score (nSPS) is 12.1. The first kappa shape index (κ1) is 11.6. The van der Waals surface area contributed by atoms with Crippen LogP contribution in [0.25, 0.3) is 0 Å². The first-order valence-electron chi connectivity index (χ1n) is 5.74. The summed E-state index contributed by atoms with van der Waals surface area (Å²) in [5, 5.41) is 3.35. The van der Waals surface area contributed by atoms with E-state index < -0.39 is 0 Å². The largest absolute Gasteiger partial charge is 0.362 e. The van der Waals surface area contributed by atoms with Gasteiger partial charge in [-0.25, -0.2) is 4.98 Å². The van der Waals surface area contributed by atoms with Crippen LogP contribution < -0.4 is 11.1 Å². The van der Waals surface area contributed by atoms with Crippen LogP contribution in [0.1, 0.15) is 17.2 Å². The van der Waals surface area contributed by atoms with Crippen molar-refractivity contribution in [2.75, 3.05) is 11.9 Å². The van der Waals surface area contributed by atoms with Gasteiger partial charge in [-0.15, -0.1) is 0 Å². The highest BCUT2D eigenvalue weighted by atomic mass is 15.0. The number of aryl methyl sites for hydroxylation is 1. The Kier molecular flexibility index (Phi) is 3.73. The molecule has 0 aliphatic heterocycles. The van der Waals surface area contributed by atoms with Crippen LogP contribution in [-0.2, 0) is 0 Å². The fourth-order valence-electron chi connectivity index (χ4n) is 1.76. The van der Waals surface area contributed by atoms with Gasteiger partial charge >= 0.3 is 0 Å². The zero-order chi connectivity index (χ0) is 12.1. The van der Waals surface area contributed by atoms with Gasteiger partial charge in [0.05, 0.1) is 6.04 Å². The summed E-state index contributed by atoms with van der Waals surface area (Å²) in [6.07, 6.45) is 1.80. The number of nitrogens with zero attached hydrogens (tertiary/aromatic N) is 1. The molecule has 17 heavy (non-hydrogen) atoms. The van der Waals surface area contributed by atoms with Gasteiger partial charge in [-0.2, -0.15) is 0 Å². The molecule has 0 bridgehead atoms. The molecule has 0 saturated carbocycles. The van der Waals surface area contributed by atoms with E-state index in [-0.39, 0.29) is 6.04 Å². The molecule has 2 rings (SSSR count). The van der Waals surface area contributed by atoms with Gasteiger partial charge in [0.2, 0.25) is 0 Å².